The van der Waals surface area contributed by atoms with Crippen molar-refractivity contribution < 1.29 is 31.1 Å². The first kappa shape index (κ1) is 26.4. The van der Waals surface area contributed by atoms with Crippen molar-refractivity contribution in [3.05, 3.63) is 50.4 Å². The third-order valence-corrected chi connectivity index (χ3v) is 4.28. The summed E-state index contributed by atoms with van der Waals surface area (Å²) in [6.07, 6.45) is -7.08. The van der Waals surface area contributed by atoms with E-state index in [1.54, 1.807) is 20.8 Å². The summed E-state index contributed by atoms with van der Waals surface area (Å²) in [6, 6.07) is 1.45. The van der Waals surface area contributed by atoms with Gasteiger partial charge in [-0.3, -0.25) is 4.79 Å². The first-order valence-electron chi connectivity index (χ1n) is 7.85. The van der Waals surface area contributed by atoms with E-state index in [9.17, 15) is 31.1 Å². The molecular formula is C17H14BrCl2F6N3O. The minimum atomic E-state index is -4.60. The van der Waals surface area contributed by atoms with E-state index in [0.29, 0.717) is 6.07 Å². The number of aromatic nitrogens is 2. The zero-order valence-corrected chi connectivity index (χ0v) is 18.6. The number of carbonyl (C=O) groups excluding carboxylic acids is 1. The van der Waals surface area contributed by atoms with E-state index in [1.807, 2.05) is 0 Å². The Morgan fingerprint density at radius 1 is 0.900 bits per heavy atom. The molecule has 0 unspecified atom stereocenters. The number of nitrogens with one attached hydrogen (secondary N) is 1. The predicted molar refractivity (Wildman–Crippen MR) is 104 cm³/mol. The van der Waals surface area contributed by atoms with E-state index in [-0.39, 0.29) is 14.8 Å². The van der Waals surface area contributed by atoms with Crippen molar-refractivity contribution in [2.45, 2.75) is 33.1 Å². The second-order valence-electron chi connectivity index (χ2n) is 6.74. The van der Waals surface area contributed by atoms with E-state index < -0.39 is 40.5 Å². The molecule has 0 spiro atoms. The summed E-state index contributed by atoms with van der Waals surface area (Å²) in [5.41, 5.74) is -3.03. The summed E-state index contributed by atoms with van der Waals surface area (Å²) in [5, 5.41) is 1.75. The summed E-state index contributed by atoms with van der Waals surface area (Å²) in [5.74, 6) is -0.530. The lowest BCUT2D eigenvalue weighted by molar-refractivity contribution is -0.138. The van der Waals surface area contributed by atoms with Crippen LogP contribution < -0.4 is 5.32 Å². The average molecular weight is 541 g/mol. The quantitative estimate of drug-likeness (QED) is 0.306. The molecule has 0 aromatic carbocycles. The Labute approximate surface area is 186 Å². The van der Waals surface area contributed by atoms with Crippen molar-refractivity contribution in [2.75, 3.05) is 5.32 Å². The number of nitrogens with zero attached hydrogens (tertiary/aromatic N) is 2. The number of hydrogen-bond acceptors (Lipinski definition) is 3. The van der Waals surface area contributed by atoms with Gasteiger partial charge in [0, 0.05) is 16.1 Å². The molecule has 166 valence electrons. The van der Waals surface area contributed by atoms with Crippen LogP contribution in [0.25, 0.3) is 0 Å². The van der Waals surface area contributed by atoms with Gasteiger partial charge in [0.05, 0.1) is 23.0 Å². The normalized spacial score (nSPS) is 12.1. The number of rotatable bonds is 1. The molecule has 0 fully saturated rings. The highest BCUT2D eigenvalue weighted by atomic mass is 79.9. The molecule has 4 nitrogen and oxygen atoms in total. The number of halogens is 9. The summed E-state index contributed by atoms with van der Waals surface area (Å²) in [6.45, 7) is 4.79. The van der Waals surface area contributed by atoms with Gasteiger partial charge in [-0.15, -0.1) is 0 Å². The van der Waals surface area contributed by atoms with Gasteiger partial charge in [0.25, 0.3) is 0 Å². The third-order valence-electron chi connectivity index (χ3n) is 3.23. The Balaban J connectivity index is 0.000000325. The van der Waals surface area contributed by atoms with Crippen LogP contribution in [0, 0.1) is 5.41 Å². The summed E-state index contributed by atoms with van der Waals surface area (Å²) < 4.78 is 74.4. The lowest BCUT2D eigenvalue weighted by atomic mass is 9.95. The molecule has 0 aliphatic carbocycles. The summed E-state index contributed by atoms with van der Waals surface area (Å²) in [7, 11) is 0. The Morgan fingerprint density at radius 2 is 1.33 bits per heavy atom. The summed E-state index contributed by atoms with van der Waals surface area (Å²) in [4.78, 5) is 18.7. The van der Waals surface area contributed by atoms with E-state index in [2.05, 4.69) is 31.2 Å². The van der Waals surface area contributed by atoms with Crippen molar-refractivity contribution in [2.24, 2.45) is 5.41 Å². The van der Waals surface area contributed by atoms with Gasteiger partial charge in [-0.25, -0.2) is 9.97 Å². The monoisotopic (exact) mass is 539 g/mol. The maximum absolute atomic E-state index is 12.7. The number of anilines is 1. The molecule has 2 aromatic heterocycles. The lowest BCUT2D eigenvalue weighted by Crippen LogP contribution is -2.28. The third kappa shape index (κ3) is 7.92. The molecule has 2 rings (SSSR count). The van der Waals surface area contributed by atoms with Crippen molar-refractivity contribution in [1.29, 1.82) is 0 Å². The number of alkyl halides is 6. The summed E-state index contributed by atoms with van der Waals surface area (Å²) >= 11 is 13.4. The fourth-order valence-electron chi connectivity index (χ4n) is 1.70. The van der Waals surface area contributed by atoms with Gasteiger partial charge in [0.1, 0.15) is 10.3 Å². The van der Waals surface area contributed by atoms with Crippen LogP contribution in [-0.4, -0.2) is 15.9 Å². The standard InChI is InChI=1S/C11H12ClF3N2O.C6H2BrClF3N/c1-10(2,3)9(18)17-7-5-16-8(12)4-6(7)11(13,14)15;7-4-2-12-5(8)1-3(4)6(9,10)11/h4-5H,1-3H3,(H,17,18);1-2H. The molecule has 0 saturated heterocycles. The molecule has 0 aliphatic rings. The largest absolute Gasteiger partial charge is 0.418 e. The molecule has 0 atom stereocenters. The van der Waals surface area contributed by atoms with Gasteiger partial charge in [0.2, 0.25) is 5.91 Å². The van der Waals surface area contributed by atoms with Crippen LogP contribution in [-0.2, 0) is 17.1 Å². The van der Waals surface area contributed by atoms with E-state index >= 15 is 0 Å². The SMILES string of the molecule is CC(C)(C)C(=O)Nc1cnc(Cl)cc1C(F)(F)F.FC(F)(F)c1cc(Cl)ncc1Br. The Kier molecular flexibility index (Phi) is 8.54. The highest BCUT2D eigenvalue weighted by Crippen LogP contribution is 2.36. The van der Waals surface area contributed by atoms with Crippen LogP contribution in [0.5, 0.6) is 0 Å². The molecule has 2 aromatic rings. The fourth-order valence-corrected chi connectivity index (χ4v) is 2.46. The van der Waals surface area contributed by atoms with Crippen molar-refractivity contribution in [3.63, 3.8) is 0 Å². The molecule has 30 heavy (non-hydrogen) atoms. The maximum Gasteiger partial charge on any atom is 0.418 e. The average Bonchev–Trinajstić information content (AvgIpc) is 2.56. The first-order valence-corrected chi connectivity index (χ1v) is 9.40. The number of pyridine rings is 2. The zero-order chi connectivity index (χ0) is 23.5. The van der Waals surface area contributed by atoms with E-state index in [0.717, 1.165) is 18.5 Å². The maximum atomic E-state index is 12.7. The van der Waals surface area contributed by atoms with Crippen molar-refractivity contribution in [3.8, 4) is 0 Å². The predicted octanol–water partition coefficient (Wildman–Crippen LogP) is 7.25. The highest BCUT2D eigenvalue weighted by Gasteiger charge is 2.35. The molecule has 1 amide bonds. The van der Waals surface area contributed by atoms with Crippen LogP contribution in [0.4, 0.5) is 32.0 Å². The molecule has 2 heterocycles. The second kappa shape index (κ2) is 9.69. The number of carbonyl (C=O) groups is 1. The van der Waals surface area contributed by atoms with Crippen LogP contribution >= 0.6 is 39.1 Å². The van der Waals surface area contributed by atoms with Crippen molar-refractivity contribution in [1.82, 2.24) is 9.97 Å². The number of hydrogen-bond donors (Lipinski definition) is 1. The van der Waals surface area contributed by atoms with Gasteiger partial charge in [-0.2, -0.15) is 26.3 Å². The second-order valence-corrected chi connectivity index (χ2v) is 8.37. The van der Waals surface area contributed by atoms with E-state index in [4.69, 9.17) is 23.2 Å². The minimum Gasteiger partial charge on any atom is -0.324 e. The Hall–Kier alpha value is -1.59. The first-order chi connectivity index (χ1) is 13.4. The molecule has 0 bridgehead atoms. The Bertz CT molecular complexity index is 914. The van der Waals surface area contributed by atoms with Crippen LogP contribution in [0.1, 0.15) is 31.9 Å². The van der Waals surface area contributed by atoms with Gasteiger partial charge in [-0.1, -0.05) is 44.0 Å². The molecule has 0 aliphatic heterocycles. The zero-order valence-electron chi connectivity index (χ0n) is 15.5. The number of amides is 1. The van der Waals surface area contributed by atoms with Gasteiger partial charge >= 0.3 is 12.4 Å². The molecule has 0 saturated carbocycles. The van der Waals surface area contributed by atoms with Gasteiger partial charge in [-0.05, 0) is 28.1 Å². The van der Waals surface area contributed by atoms with Crippen LogP contribution in [0.3, 0.4) is 0 Å². The smallest absolute Gasteiger partial charge is 0.324 e. The van der Waals surface area contributed by atoms with Crippen molar-refractivity contribution >= 4 is 50.7 Å². The highest BCUT2D eigenvalue weighted by molar-refractivity contribution is 9.10. The fraction of sp³-hybridized carbons (Fsp3) is 0.353. The minimum absolute atomic E-state index is 0.112. The van der Waals surface area contributed by atoms with Crippen LogP contribution in [0.2, 0.25) is 10.3 Å². The lowest BCUT2D eigenvalue weighted by Gasteiger charge is -2.20. The molecule has 1 N–H and O–H groups in total. The molecular weight excluding hydrogens is 527 g/mol. The van der Waals surface area contributed by atoms with Gasteiger partial charge < -0.3 is 5.32 Å². The molecule has 0 radical (unpaired) electrons. The molecule has 13 heteroatoms. The topological polar surface area (TPSA) is 54.9 Å². The Morgan fingerprint density at radius 3 is 1.73 bits per heavy atom. The van der Waals surface area contributed by atoms with Gasteiger partial charge in [0.15, 0.2) is 0 Å². The van der Waals surface area contributed by atoms with Crippen LogP contribution in [0.15, 0.2) is 29.0 Å². The van der Waals surface area contributed by atoms with E-state index in [1.165, 1.54) is 0 Å².